The maximum absolute atomic E-state index is 6.32. The summed E-state index contributed by atoms with van der Waals surface area (Å²) in [6.45, 7) is 4.79. The first-order chi connectivity index (χ1) is 10.4. The molecule has 0 amide bonds. The van der Waals surface area contributed by atoms with Crippen molar-refractivity contribution in [3.63, 3.8) is 0 Å². The van der Waals surface area contributed by atoms with Crippen LogP contribution < -0.4 is 5.32 Å². The number of nitrogens with zero attached hydrogens (tertiary/aromatic N) is 1. The van der Waals surface area contributed by atoms with Crippen LogP contribution in [0.25, 0.3) is 0 Å². The molecule has 22 heavy (non-hydrogen) atoms. The molecule has 0 fully saturated rings. The quantitative estimate of drug-likeness (QED) is 0.684. The van der Waals surface area contributed by atoms with E-state index in [1.54, 1.807) is 0 Å². The van der Waals surface area contributed by atoms with Crippen molar-refractivity contribution in [1.29, 1.82) is 0 Å². The van der Waals surface area contributed by atoms with Crippen LogP contribution in [0.15, 0.2) is 40.9 Å². The Kier molecular flexibility index (Phi) is 5.84. The van der Waals surface area contributed by atoms with Crippen LogP contribution in [-0.4, -0.2) is 17.1 Å². The Labute approximate surface area is 150 Å². The number of benzene rings is 2. The summed E-state index contributed by atoms with van der Waals surface area (Å²) < 4.78 is 1.07. The van der Waals surface area contributed by atoms with Gasteiger partial charge in [0.05, 0.1) is 10.7 Å². The minimum atomic E-state index is 0.650. The van der Waals surface area contributed by atoms with Gasteiger partial charge in [-0.05, 0) is 61.0 Å². The summed E-state index contributed by atoms with van der Waals surface area (Å²) in [4.78, 5) is 1.99. The fourth-order valence-electron chi connectivity index (χ4n) is 2.21. The molecular formula is C17H18BrClN2S. The molecule has 0 aliphatic heterocycles. The third-order valence-electron chi connectivity index (χ3n) is 3.34. The van der Waals surface area contributed by atoms with Crippen molar-refractivity contribution in [3.8, 4) is 0 Å². The third-order valence-corrected chi connectivity index (χ3v) is 4.58. The normalized spacial score (nSPS) is 10.4. The van der Waals surface area contributed by atoms with Crippen LogP contribution in [0.3, 0.4) is 0 Å². The first-order valence-electron chi connectivity index (χ1n) is 6.90. The Morgan fingerprint density at radius 1 is 1.23 bits per heavy atom. The lowest BCUT2D eigenvalue weighted by Gasteiger charge is -2.22. The minimum absolute atomic E-state index is 0.650. The van der Waals surface area contributed by atoms with E-state index in [4.69, 9.17) is 23.8 Å². The van der Waals surface area contributed by atoms with Crippen LogP contribution in [0.2, 0.25) is 5.02 Å². The third kappa shape index (κ3) is 4.45. The van der Waals surface area contributed by atoms with Crippen LogP contribution in [0.4, 0.5) is 5.69 Å². The maximum atomic E-state index is 6.32. The second-order valence-corrected chi connectivity index (χ2v) is 7.06. The fraction of sp³-hybridized carbons (Fsp3) is 0.235. The molecule has 2 rings (SSSR count). The van der Waals surface area contributed by atoms with Gasteiger partial charge < -0.3 is 10.2 Å². The summed E-state index contributed by atoms with van der Waals surface area (Å²) in [6, 6.07) is 12.2. The highest BCUT2D eigenvalue weighted by Gasteiger charge is 2.10. The zero-order valence-corrected chi connectivity index (χ0v) is 15.9. The summed E-state index contributed by atoms with van der Waals surface area (Å²) in [5.74, 6) is 0. The molecule has 0 bridgehead atoms. The van der Waals surface area contributed by atoms with Crippen LogP contribution >= 0.6 is 39.7 Å². The Bertz CT molecular complexity index is 663. The van der Waals surface area contributed by atoms with Crippen molar-refractivity contribution in [2.45, 2.75) is 20.4 Å². The summed E-state index contributed by atoms with van der Waals surface area (Å²) in [5.41, 5.74) is 4.30. The van der Waals surface area contributed by atoms with E-state index >= 15 is 0 Å². The topological polar surface area (TPSA) is 15.3 Å². The highest BCUT2D eigenvalue weighted by molar-refractivity contribution is 9.10. The van der Waals surface area contributed by atoms with Gasteiger partial charge in [-0.15, -0.1) is 0 Å². The molecule has 0 atom stereocenters. The molecule has 0 saturated heterocycles. The van der Waals surface area contributed by atoms with E-state index in [1.165, 1.54) is 5.56 Å². The van der Waals surface area contributed by atoms with Gasteiger partial charge in [0.2, 0.25) is 0 Å². The van der Waals surface area contributed by atoms with E-state index in [2.05, 4.69) is 39.4 Å². The largest absolute Gasteiger partial charge is 0.348 e. The number of thiocarbonyl (C=S) groups is 1. The molecule has 2 nitrogen and oxygen atoms in total. The van der Waals surface area contributed by atoms with Crippen LogP contribution in [0, 0.1) is 13.8 Å². The monoisotopic (exact) mass is 396 g/mol. The standard InChI is InChI=1S/C17H18BrClN2S/c1-11-8-12(2)16(15(19)9-11)20-17(22)21(3)10-13-4-6-14(18)7-5-13/h4-9H,10H2,1-3H3,(H,20,22). The predicted octanol–water partition coefficient (Wildman–Crippen LogP) is 5.55. The summed E-state index contributed by atoms with van der Waals surface area (Å²) in [5, 5.41) is 4.59. The fourth-order valence-corrected chi connectivity index (χ4v) is 3.01. The number of nitrogens with one attached hydrogen (secondary N) is 1. The number of hydrogen-bond acceptors (Lipinski definition) is 1. The van der Waals surface area contributed by atoms with Crippen molar-refractivity contribution >= 4 is 50.5 Å². The highest BCUT2D eigenvalue weighted by atomic mass is 79.9. The van der Waals surface area contributed by atoms with Gasteiger partial charge in [0, 0.05) is 18.1 Å². The lowest BCUT2D eigenvalue weighted by molar-refractivity contribution is 0.508. The van der Waals surface area contributed by atoms with E-state index < -0.39 is 0 Å². The average molecular weight is 398 g/mol. The number of aryl methyl sites for hydroxylation is 2. The molecule has 0 aliphatic rings. The molecule has 5 heteroatoms. The van der Waals surface area contributed by atoms with Crippen LogP contribution in [0.1, 0.15) is 16.7 Å². The molecule has 0 saturated carbocycles. The molecule has 0 radical (unpaired) electrons. The Balaban J connectivity index is 2.07. The van der Waals surface area contributed by atoms with Crippen molar-refractivity contribution in [1.82, 2.24) is 4.90 Å². The number of hydrogen-bond donors (Lipinski definition) is 1. The SMILES string of the molecule is Cc1cc(C)c(NC(=S)N(C)Cc2ccc(Br)cc2)c(Cl)c1. The predicted molar refractivity (Wildman–Crippen MR) is 103 cm³/mol. The molecule has 2 aromatic rings. The van der Waals surface area contributed by atoms with Crippen molar-refractivity contribution in [2.24, 2.45) is 0 Å². The molecule has 2 aromatic carbocycles. The van der Waals surface area contributed by atoms with E-state index in [0.29, 0.717) is 10.1 Å². The van der Waals surface area contributed by atoms with Crippen LogP contribution in [0.5, 0.6) is 0 Å². The Morgan fingerprint density at radius 2 is 1.86 bits per heavy atom. The van der Waals surface area contributed by atoms with Gasteiger partial charge in [0.25, 0.3) is 0 Å². The van der Waals surface area contributed by atoms with Crippen molar-refractivity contribution < 1.29 is 0 Å². The summed E-state index contributed by atoms with van der Waals surface area (Å²) in [6.07, 6.45) is 0. The summed E-state index contributed by atoms with van der Waals surface area (Å²) in [7, 11) is 1.97. The average Bonchev–Trinajstić information content (AvgIpc) is 2.45. The lowest BCUT2D eigenvalue weighted by Crippen LogP contribution is -2.30. The molecule has 116 valence electrons. The zero-order chi connectivity index (χ0) is 16.3. The van der Waals surface area contributed by atoms with Gasteiger partial charge in [0.1, 0.15) is 0 Å². The van der Waals surface area contributed by atoms with Gasteiger partial charge in [0.15, 0.2) is 5.11 Å². The molecule has 0 aliphatic carbocycles. The molecule has 1 N–H and O–H groups in total. The second kappa shape index (κ2) is 7.44. The molecular weight excluding hydrogens is 380 g/mol. The molecule has 0 aromatic heterocycles. The molecule has 0 heterocycles. The van der Waals surface area contributed by atoms with E-state index in [-0.39, 0.29) is 0 Å². The maximum Gasteiger partial charge on any atom is 0.173 e. The number of rotatable bonds is 3. The van der Waals surface area contributed by atoms with Crippen molar-refractivity contribution in [2.75, 3.05) is 12.4 Å². The Morgan fingerprint density at radius 3 is 2.45 bits per heavy atom. The lowest BCUT2D eigenvalue weighted by atomic mass is 10.1. The van der Waals surface area contributed by atoms with Gasteiger partial charge in [-0.25, -0.2) is 0 Å². The minimum Gasteiger partial charge on any atom is -0.348 e. The van der Waals surface area contributed by atoms with Crippen LogP contribution in [-0.2, 0) is 6.54 Å². The Hall–Kier alpha value is -1.10. The van der Waals surface area contributed by atoms with E-state index in [9.17, 15) is 0 Å². The van der Waals surface area contributed by atoms with Gasteiger partial charge in [-0.1, -0.05) is 45.7 Å². The first kappa shape index (κ1) is 17.3. The molecule has 0 spiro atoms. The smallest absolute Gasteiger partial charge is 0.173 e. The second-order valence-electron chi connectivity index (χ2n) is 5.35. The van der Waals surface area contributed by atoms with Gasteiger partial charge in [-0.2, -0.15) is 0 Å². The van der Waals surface area contributed by atoms with E-state index in [0.717, 1.165) is 27.8 Å². The van der Waals surface area contributed by atoms with Crippen molar-refractivity contribution in [3.05, 3.63) is 62.6 Å². The molecule has 0 unspecified atom stereocenters. The first-order valence-corrected chi connectivity index (χ1v) is 8.48. The number of anilines is 1. The zero-order valence-electron chi connectivity index (χ0n) is 12.8. The van der Waals surface area contributed by atoms with Gasteiger partial charge in [-0.3, -0.25) is 0 Å². The number of halogens is 2. The highest BCUT2D eigenvalue weighted by Crippen LogP contribution is 2.27. The summed E-state index contributed by atoms with van der Waals surface area (Å²) >= 11 is 15.2. The van der Waals surface area contributed by atoms with E-state index in [1.807, 2.05) is 44.0 Å². The van der Waals surface area contributed by atoms with Gasteiger partial charge >= 0.3 is 0 Å².